The first-order chi connectivity index (χ1) is 10.3. The minimum atomic E-state index is -0.589. The lowest BCUT2D eigenvalue weighted by atomic mass is 10.0. The molecule has 1 heterocycles. The number of fused-ring (bicyclic) bond motifs is 1. The van der Waals surface area contributed by atoms with Crippen molar-refractivity contribution in [1.82, 2.24) is 0 Å². The summed E-state index contributed by atoms with van der Waals surface area (Å²) in [5, 5.41) is 0.768. The third-order valence-electron chi connectivity index (χ3n) is 3.13. The summed E-state index contributed by atoms with van der Waals surface area (Å²) in [7, 11) is 0. The maximum absolute atomic E-state index is 12.1. The molecule has 3 aromatic rings. The van der Waals surface area contributed by atoms with E-state index in [0.717, 1.165) is 10.9 Å². The molecule has 0 radical (unpaired) electrons. The Balaban J connectivity index is 2.36. The van der Waals surface area contributed by atoms with Gasteiger partial charge in [0.05, 0.1) is 0 Å². The highest BCUT2D eigenvalue weighted by atomic mass is 16.5. The second kappa shape index (κ2) is 5.63. The van der Waals surface area contributed by atoms with E-state index in [4.69, 9.17) is 9.15 Å². The first-order valence-electron chi connectivity index (χ1n) is 6.49. The Labute approximate surface area is 120 Å². The van der Waals surface area contributed by atoms with Gasteiger partial charge in [-0.05, 0) is 11.6 Å². The minimum Gasteiger partial charge on any atom is -0.478 e. The summed E-state index contributed by atoms with van der Waals surface area (Å²) < 4.78 is 10.6. The highest BCUT2D eigenvalue weighted by Gasteiger charge is 2.17. The second-order valence-electron chi connectivity index (χ2n) is 4.43. The van der Waals surface area contributed by atoms with E-state index < -0.39 is 5.63 Å². The molecule has 0 amide bonds. The van der Waals surface area contributed by atoms with Crippen LogP contribution in [-0.2, 0) is 4.79 Å². The second-order valence-corrected chi connectivity index (χ2v) is 4.43. The molecule has 0 aliphatic rings. The number of carbonyl (C=O) groups is 1. The molecule has 0 fully saturated rings. The average molecular weight is 280 g/mol. The van der Waals surface area contributed by atoms with Gasteiger partial charge in [-0.15, -0.1) is 0 Å². The Morgan fingerprint density at radius 2 is 1.71 bits per heavy atom. The van der Waals surface area contributed by atoms with Crippen molar-refractivity contribution >= 4 is 17.3 Å². The van der Waals surface area contributed by atoms with Gasteiger partial charge in [0, 0.05) is 10.9 Å². The van der Waals surface area contributed by atoms with E-state index in [0.29, 0.717) is 17.4 Å². The fourth-order valence-electron chi connectivity index (χ4n) is 2.27. The van der Waals surface area contributed by atoms with E-state index >= 15 is 0 Å². The highest BCUT2D eigenvalue weighted by molar-refractivity contribution is 5.96. The van der Waals surface area contributed by atoms with Crippen molar-refractivity contribution in [3.8, 4) is 16.9 Å². The third kappa shape index (κ3) is 2.43. The van der Waals surface area contributed by atoms with Crippen molar-refractivity contribution in [3.63, 3.8) is 0 Å². The van der Waals surface area contributed by atoms with E-state index in [1.54, 1.807) is 12.1 Å². The molecule has 0 unspecified atom stereocenters. The topological polar surface area (TPSA) is 56.5 Å². The molecule has 0 aliphatic heterocycles. The number of benzene rings is 2. The fourth-order valence-corrected chi connectivity index (χ4v) is 2.27. The van der Waals surface area contributed by atoms with Crippen LogP contribution in [0.5, 0.6) is 5.75 Å². The third-order valence-corrected chi connectivity index (χ3v) is 3.13. The number of hydrogen-bond donors (Lipinski definition) is 0. The quantitative estimate of drug-likeness (QED) is 0.544. The molecule has 4 nitrogen and oxygen atoms in total. The Hall–Kier alpha value is -2.88. The van der Waals surface area contributed by atoms with Gasteiger partial charge in [0.15, 0.2) is 6.29 Å². The molecule has 21 heavy (non-hydrogen) atoms. The zero-order chi connectivity index (χ0) is 14.7. The number of aldehydes is 1. The monoisotopic (exact) mass is 280 g/mol. The van der Waals surface area contributed by atoms with Crippen molar-refractivity contribution in [3.05, 3.63) is 65.0 Å². The predicted octanol–water partition coefficient (Wildman–Crippen LogP) is 3.04. The molecule has 104 valence electrons. The van der Waals surface area contributed by atoms with Crippen LogP contribution in [0.15, 0.2) is 63.8 Å². The summed E-state index contributed by atoms with van der Waals surface area (Å²) in [4.78, 5) is 22.7. The smallest absolute Gasteiger partial charge is 0.379 e. The zero-order valence-corrected chi connectivity index (χ0v) is 11.1. The van der Waals surface area contributed by atoms with E-state index in [1.165, 1.54) is 0 Å². The van der Waals surface area contributed by atoms with Gasteiger partial charge in [0.1, 0.15) is 12.2 Å². The molecule has 0 spiro atoms. The van der Waals surface area contributed by atoms with Gasteiger partial charge in [-0.3, -0.25) is 4.79 Å². The summed E-state index contributed by atoms with van der Waals surface area (Å²) in [5.41, 5.74) is 1.38. The molecule has 3 rings (SSSR count). The lowest BCUT2D eigenvalue weighted by Crippen LogP contribution is -2.10. The lowest BCUT2D eigenvalue weighted by molar-refractivity contribution is -0.109. The highest BCUT2D eigenvalue weighted by Crippen LogP contribution is 2.34. The standard InChI is InChI=1S/C17H12O4/c18-10-11-20-16-15(12-6-2-1-3-7-12)13-8-4-5-9-14(13)21-17(16)19/h1-10H,11H2. The van der Waals surface area contributed by atoms with Crippen LogP contribution < -0.4 is 10.4 Å². The largest absolute Gasteiger partial charge is 0.478 e. The van der Waals surface area contributed by atoms with Crippen LogP contribution in [0.4, 0.5) is 0 Å². The van der Waals surface area contributed by atoms with Gasteiger partial charge in [-0.25, -0.2) is 4.79 Å². The molecule has 2 aromatic carbocycles. The molecular weight excluding hydrogens is 268 g/mol. The van der Waals surface area contributed by atoms with Crippen LogP contribution in [0.25, 0.3) is 22.1 Å². The van der Waals surface area contributed by atoms with E-state index in [2.05, 4.69) is 0 Å². The van der Waals surface area contributed by atoms with Gasteiger partial charge in [-0.2, -0.15) is 0 Å². The predicted molar refractivity (Wildman–Crippen MR) is 79.5 cm³/mol. The normalized spacial score (nSPS) is 10.5. The van der Waals surface area contributed by atoms with Crippen molar-refractivity contribution in [1.29, 1.82) is 0 Å². The first kappa shape index (κ1) is 13.1. The van der Waals surface area contributed by atoms with Gasteiger partial charge in [0.2, 0.25) is 5.75 Å². The van der Waals surface area contributed by atoms with Gasteiger partial charge in [-0.1, -0.05) is 48.5 Å². The summed E-state index contributed by atoms with van der Waals surface area (Å²) in [6, 6.07) is 16.7. The molecule has 0 N–H and O–H groups in total. The Kier molecular flexibility index (Phi) is 3.51. The van der Waals surface area contributed by atoms with E-state index in [1.807, 2.05) is 42.5 Å². The molecule has 0 bridgehead atoms. The minimum absolute atomic E-state index is 0.0620. The van der Waals surface area contributed by atoms with Crippen LogP contribution in [0.1, 0.15) is 0 Å². The van der Waals surface area contributed by atoms with Gasteiger partial charge < -0.3 is 9.15 Å². The van der Waals surface area contributed by atoms with Gasteiger partial charge >= 0.3 is 5.63 Å². The number of rotatable bonds is 4. The number of carbonyl (C=O) groups excluding carboxylic acids is 1. The van der Waals surface area contributed by atoms with Crippen LogP contribution in [0, 0.1) is 0 Å². The van der Waals surface area contributed by atoms with E-state index in [9.17, 15) is 9.59 Å². The van der Waals surface area contributed by atoms with Crippen LogP contribution in [0.3, 0.4) is 0 Å². The number of ether oxygens (including phenoxy) is 1. The van der Waals surface area contributed by atoms with E-state index in [-0.39, 0.29) is 12.4 Å². The molecule has 0 atom stereocenters. The van der Waals surface area contributed by atoms with Crippen molar-refractivity contribution in [2.24, 2.45) is 0 Å². The molecule has 0 aliphatic carbocycles. The van der Waals surface area contributed by atoms with Crippen LogP contribution in [0.2, 0.25) is 0 Å². The average Bonchev–Trinajstić information content (AvgIpc) is 2.53. The zero-order valence-electron chi connectivity index (χ0n) is 11.1. The summed E-state index contributed by atoms with van der Waals surface area (Å²) in [6.07, 6.45) is 0.601. The summed E-state index contributed by atoms with van der Waals surface area (Å²) in [6.45, 7) is -0.192. The maximum Gasteiger partial charge on any atom is 0.379 e. The Morgan fingerprint density at radius 3 is 2.48 bits per heavy atom. The SMILES string of the molecule is O=CCOc1c(-c2ccccc2)c2ccccc2oc1=O. The van der Waals surface area contributed by atoms with Crippen molar-refractivity contribution in [2.75, 3.05) is 6.61 Å². The molecular formula is C17H12O4. The molecule has 4 heteroatoms. The summed E-state index contributed by atoms with van der Waals surface area (Å²) >= 11 is 0. The molecule has 1 aromatic heterocycles. The number of hydrogen-bond acceptors (Lipinski definition) is 4. The fraction of sp³-hybridized carbons (Fsp3) is 0.0588. The molecule has 0 saturated heterocycles. The molecule has 0 saturated carbocycles. The maximum atomic E-state index is 12.1. The van der Waals surface area contributed by atoms with Gasteiger partial charge in [0.25, 0.3) is 0 Å². The Bertz CT molecular complexity index is 834. The van der Waals surface area contributed by atoms with Crippen LogP contribution >= 0.6 is 0 Å². The summed E-state index contributed by atoms with van der Waals surface area (Å²) in [5.74, 6) is 0.0620. The van der Waals surface area contributed by atoms with Crippen molar-refractivity contribution < 1.29 is 13.9 Å². The Morgan fingerprint density at radius 1 is 1.00 bits per heavy atom. The van der Waals surface area contributed by atoms with Crippen molar-refractivity contribution in [2.45, 2.75) is 0 Å². The first-order valence-corrected chi connectivity index (χ1v) is 6.49. The van der Waals surface area contributed by atoms with Crippen LogP contribution in [-0.4, -0.2) is 12.9 Å². The lowest BCUT2D eigenvalue weighted by Gasteiger charge is -2.11. The number of para-hydroxylation sites is 1.